The Kier molecular flexibility index (Phi) is 6.57. The average molecular weight is 382 g/mol. The molecule has 1 aromatic carbocycles. The van der Waals surface area contributed by atoms with Gasteiger partial charge in [0.15, 0.2) is 6.61 Å². The molecule has 26 heavy (non-hydrogen) atoms. The molecule has 1 N–H and O–H groups in total. The summed E-state index contributed by atoms with van der Waals surface area (Å²) in [4.78, 5) is 27.3. The van der Waals surface area contributed by atoms with Crippen LogP contribution in [-0.2, 0) is 20.9 Å². The first kappa shape index (κ1) is 19.7. The predicted octanol–water partition coefficient (Wildman–Crippen LogP) is 3.35. The molecule has 0 aliphatic carbocycles. The maximum Gasteiger partial charge on any atom is 0.407 e. The fraction of sp³-hybridized carbons (Fsp3) is 0.412. The van der Waals surface area contributed by atoms with Crippen LogP contribution < -0.4 is 5.32 Å². The Balaban J connectivity index is 1.73. The summed E-state index contributed by atoms with van der Waals surface area (Å²) in [7, 11) is 0. The van der Waals surface area contributed by atoms with Gasteiger partial charge in [-0.25, -0.2) is 4.79 Å². The van der Waals surface area contributed by atoms with Crippen LogP contribution in [-0.4, -0.2) is 34.3 Å². The van der Waals surface area contributed by atoms with Gasteiger partial charge in [-0.1, -0.05) is 16.8 Å². The zero-order valence-electron chi connectivity index (χ0n) is 14.7. The third kappa shape index (κ3) is 6.72. The molecule has 0 unspecified atom stereocenters. The number of rotatable bonds is 6. The SMILES string of the molecule is CC(C)(C)OC(=O)NCCC(=O)OCc1nc(-c2ccc(Cl)cc2)no1. The molecule has 2 aromatic rings. The fourth-order valence-corrected chi connectivity index (χ4v) is 1.95. The second-order valence-corrected chi connectivity index (χ2v) is 6.79. The van der Waals surface area contributed by atoms with Crippen LogP contribution >= 0.6 is 11.6 Å². The van der Waals surface area contributed by atoms with Crippen molar-refractivity contribution < 1.29 is 23.6 Å². The standard InChI is InChI=1S/C17H20ClN3O5/c1-17(2,3)25-16(23)19-9-8-14(22)24-10-13-20-15(21-26-13)11-4-6-12(18)7-5-11/h4-7H,8-10H2,1-3H3,(H,19,23). The highest BCUT2D eigenvalue weighted by molar-refractivity contribution is 6.30. The predicted molar refractivity (Wildman–Crippen MR) is 93.4 cm³/mol. The minimum atomic E-state index is -0.593. The van der Waals surface area contributed by atoms with Crippen LogP contribution in [0.2, 0.25) is 5.02 Å². The van der Waals surface area contributed by atoms with Crippen LogP contribution in [0.4, 0.5) is 4.79 Å². The lowest BCUT2D eigenvalue weighted by Crippen LogP contribution is -2.33. The van der Waals surface area contributed by atoms with E-state index in [0.29, 0.717) is 10.8 Å². The van der Waals surface area contributed by atoms with Gasteiger partial charge in [0.05, 0.1) is 6.42 Å². The molecule has 1 heterocycles. The minimum Gasteiger partial charge on any atom is -0.456 e. The summed E-state index contributed by atoms with van der Waals surface area (Å²) in [5.41, 5.74) is 0.141. The minimum absolute atomic E-state index is 0.00256. The van der Waals surface area contributed by atoms with Gasteiger partial charge < -0.3 is 19.3 Å². The summed E-state index contributed by atoms with van der Waals surface area (Å²) in [6, 6.07) is 6.94. The normalized spacial score (nSPS) is 11.1. The molecule has 0 saturated carbocycles. The molecule has 0 spiro atoms. The number of hydrogen-bond donors (Lipinski definition) is 1. The van der Waals surface area contributed by atoms with E-state index in [2.05, 4.69) is 15.5 Å². The third-order valence-electron chi connectivity index (χ3n) is 2.92. The first-order valence-electron chi connectivity index (χ1n) is 7.94. The molecule has 8 nitrogen and oxygen atoms in total. The van der Waals surface area contributed by atoms with Gasteiger partial charge in [0, 0.05) is 17.1 Å². The third-order valence-corrected chi connectivity index (χ3v) is 3.18. The number of alkyl carbamates (subject to hydrolysis) is 1. The molecule has 1 aromatic heterocycles. The number of ether oxygens (including phenoxy) is 2. The van der Waals surface area contributed by atoms with Crippen LogP contribution in [0.15, 0.2) is 28.8 Å². The summed E-state index contributed by atoms with van der Waals surface area (Å²) in [6.45, 7) is 5.22. The van der Waals surface area contributed by atoms with E-state index in [4.69, 9.17) is 25.6 Å². The van der Waals surface area contributed by atoms with E-state index in [1.54, 1.807) is 45.0 Å². The Morgan fingerprint density at radius 2 is 1.92 bits per heavy atom. The molecule has 2 rings (SSSR count). The Morgan fingerprint density at radius 3 is 2.58 bits per heavy atom. The van der Waals surface area contributed by atoms with Crippen LogP contribution in [0.5, 0.6) is 0 Å². The van der Waals surface area contributed by atoms with Gasteiger partial charge >= 0.3 is 12.1 Å². The molecule has 0 radical (unpaired) electrons. The molecule has 0 aliphatic rings. The molecular formula is C17H20ClN3O5. The van der Waals surface area contributed by atoms with Crippen LogP contribution in [0.3, 0.4) is 0 Å². The monoisotopic (exact) mass is 381 g/mol. The average Bonchev–Trinajstić information content (AvgIpc) is 3.01. The van der Waals surface area contributed by atoms with Gasteiger partial charge in [-0.2, -0.15) is 4.98 Å². The van der Waals surface area contributed by atoms with Crippen molar-refractivity contribution in [1.29, 1.82) is 0 Å². The lowest BCUT2D eigenvalue weighted by Gasteiger charge is -2.19. The first-order valence-corrected chi connectivity index (χ1v) is 8.32. The molecule has 0 bridgehead atoms. The number of hydrogen-bond acceptors (Lipinski definition) is 7. The maximum atomic E-state index is 11.7. The zero-order valence-corrected chi connectivity index (χ0v) is 15.5. The Bertz CT molecular complexity index is 753. The lowest BCUT2D eigenvalue weighted by molar-refractivity contribution is -0.145. The number of benzene rings is 1. The highest BCUT2D eigenvalue weighted by atomic mass is 35.5. The Morgan fingerprint density at radius 1 is 1.23 bits per heavy atom. The molecule has 0 saturated heterocycles. The molecule has 0 aliphatic heterocycles. The zero-order chi connectivity index (χ0) is 19.2. The van der Waals surface area contributed by atoms with E-state index in [-0.39, 0.29) is 25.5 Å². The van der Waals surface area contributed by atoms with Gasteiger partial charge in [0.1, 0.15) is 5.60 Å². The fourth-order valence-electron chi connectivity index (χ4n) is 1.82. The van der Waals surface area contributed by atoms with E-state index in [0.717, 1.165) is 5.56 Å². The van der Waals surface area contributed by atoms with E-state index >= 15 is 0 Å². The number of amides is 1. The van der Waals surface area contributed by atoms with E-state index in [9.17, 15) is 9.59 Å². The smallest absolute Gasteiger partial charge is 0.407 e. The van der Waals surface area contributed by atoms with E-state index < -0.39 is 17.7 Å². The van der Waals surface area contributed by atoms with E-state index in [1.807, 2.05) is 0 Å². The number of nitrogens with one attached hydrogen (secondary N) is 1. The topological polar surface area (TPSA) is 104 Å². The van der Waals surface area contributed by atoms with Crippen molar-refractivity contribution >= 4 is 23.7 Å². The van der Waals surface area contributed by atoms with Crippen molar-refractivity contribution in [1.82, 2.24) is 15.5 Å². The quantitative estimate of drug-likeness (QED) is 0.765. The van der Waals surface area contributed by atoms with Crippen molar-refractivity contribution in [2.45, 2.75) is 39.4 Å². The number of esters is 1. The summed E-state index contributed by atoms with van der Waals surface area (Å²) in [5.74, 6) is 0.0370. The second kappa shape index (κ2) is 8.66. The molecular weight excluding hydrogens is 362 g/mol. The van der Waals surface area contributed by atoms with Crippen LogP contribution in [0, 0.1) is 0 Å². The number of nitrogens with zero attached hydrogens (tertiary/aromatic N) is 2. The molecule has 9 heteroatoms. The van der Waals surface area contributed by atoms with Crippen LogP contribution in [0.25, 0.3) is 11.4 Å². The lowest BCUT2D eigenvalue weighted by atomic mass is 10.2. The number of carbonyl (C=O) groups excluding carboxylic acids is 2. The largest absolute Gasteiger partial charge is 0.456 e. The van der Waals surface area contributed by atoms with Gasteiger partial charge in [0.25, 0.3) is 5.89 Å². The van der Waals surface area contributed by atoms with Gasteiger partial charge in [-0.15, -0.1) is 0 Å². The molecule has 0 atom stereocenters. The van der Waals surface area contributed by atoms with Crippen molar-refractivity contribution in [3.05, 3.63) is 35.2 Å². The van der Waals surface area contributed by atoms with Crippen LogP contribution in [0.1, 0.15) is 33.1 Å². The summed E-state index contributed by atoms with van der Waals surface area (Å²) in [5, 5.41) is 6.90. The maximum absolute atomic E-state index is 11.7. The van der Waals surface area contributed by atoms with Gasteiger partial charge in [-0.3, -0.25) is 4.79 Å². The number of carbonyl (C=O) groups is 2. The second-order valence-electron chi connectivity index (χ2n) is 6.36. The number of aromatic nitrogens is 2. The van der Waals surface area contributed by atoms with E-state index in [1.165, 1.54) is 0 Å². The molecule has 140 valence electrons. The molecule has 1 amide bonds. The van der Waals surface area contributed by atoms with Gasteiger partial charge in [0.2, 0.25) is 5.82 Å². The number of halogens is 1. The summed E-state index contributed by atoms with van der Waals surface area (Å²) >= 11 is 5.83. The first-order chi connectivity index (χ1) is 12.2. The Labute approximate surface area is 155 Å². The highest BCUT2D eigenvalue weighted by Crippen LogP contribution is 2.18. The van der Waals surface area contributed by atoms with Crippen molar-refractivity contribution in [2.24, 2.45) is 0 Å². The highest BCUT2D eigenvalue weighted by Gasteiger charge is 2.16. The summed E-state index contributed by atoms with van der Waals surface area (Å²) in [6.07, 6.45) is -0.591. The van der Waals surface area contributed by atoms with Crippen molar-refractivity contribution in [2.75, 3.05) is 6.54 Å². The van der Waals surface area contributed by atoms with Crippen molar-refractivity contribution in [3.63, 3.8) is 0 Å². The van der Waals surface area contributed by atoms with Gasteiger partial charge in [-0.05, 0) is 45.0 Å². The Hall–Kier alpha value is -2.61. The van der Waals surface area contributed by atoms with Crippen molar-refractivity contribution in [3.8, 4) is 11.4 Å². The summed E-state index contributed by atoms with van der Waals surface area (Å²) < 4.78 is 15.1. The molecule has 0 fully saturated rings.